The van der Waals surface area contributed by atoms with E-state index in [1.807, 2.05) is 11.3 Å². The third-order valence-corrected chi connectivity index (χ3v) is 6.68. The van der Waals surface area contributed by atoms with Crippen LogP contribution in [0.1, 0.15) is 62.4 Å². The summed E-state index contributed by atoms with van der Waals surface area (Å²) in [5, 5.41) is 3.82. The van der Waals surface area contributed by atoms with Crippen molar-refractivity contribution in [3.8, 4) is 0 Å². The molecule has 19 heavy (non-hydrogen) atoms. The highest BCUT2D eigenvalue weighted by Gasteiger charge is 2.67. The highest BCUT2D eigenvalue weighted by molar-refractivity contribution is 7.12. The average molecular weight is 279 g/mol. The molecule has 0 radical (unpaired) electrons. The summed E-state index contributed by atoms with van der Waals surface area (Å²) >= 11 is 1.98. The predicted molar refractivity (Wildman–Crippen MR) is 85.9 cm³/mol. The van der Waals surface area contributed by atoms with Crippen molar-refractivity contribution in [3.05, 3.63) is 21.4 Å². The zero-order valence-electron chi connectivity index (χ0n) is 13.6. The molecule has 1 aromatic rings. The lowest BCUT2D eigenvalue weighted by Gasteiger charge is -2.21. The topological polar surface area (TPSA) is 12.0 Å². The Morgan fingerprint density at radius 3 is 2.16 bits per heavy atom. The predicted octanol–water partition coefficient (Wildman–Crippen LogP) is 5.09. The average Bonchev–Trinajstić information content (AvgIpc) is 2.56. The van der Waals surface area contributed by atoms with Gasteiger partial charge in [0, 0.05) is 15.8 Å². The van der Waals surface area contributed by atoms with Gasteiger partial charge in [-0.15, -0.1) is 11.3 Å². The molecule has 0 bridgehead atoms. The van der Waals surface area contributed by atoms with Gasteiger partial charge >= 0.3 is 0 Å². The van der Waals surface area contributed by atoms with E-state index < -0.39 is 0 Å². The van der Waals surface area contributed by atoms with E-state index in [-0.39, 0.29) is 0 Å². The highest BCUT2D eigenvalue weighted by Crippen LogP contribution is 2.72. The third kappa shape index (κ3) is 2.38. The Balaban J connectivity index is 2.31. The van der Waals surface area contributed by atoms with E-state index in [0.717, 1.165) is 12.5 Å². The van der Waals surface area contributed by atoms with Crippen LogP contribution < -0.4 is 5.32 Å². The zero-order chi connectivity index (χ0) is 14.4. The summed E-state index contributed by atoms with van der Waals surface area (Å²) in [7, 11) is 0. The summed E-state index contributed by atoms with van der Waals surface area (Å²) in [6.07, 6.45) is 1.20. The van der Waals surface area contributed by atoms with Crippen LogP contribution in [-0.2, 0) is 0 Å². The Kier molecular flexibility index (Phi) is 3.88. The number of thiophene rings is 1. The van der Waals surface area contributed by atoms with Crippen LogP contribution in [-0.4, -0.2) is 6.54 Å². The van der Waals surface area contributed by atoms with Crippen LogP contribution in [0.3, 0.4) is 0 Å². The summed E-state index contributed by atoms with van der Waals surface area (Å²) in [4.78, 5) is 3.00. The summed E-state index contributed by atoms with van der Waals surface area (Å²) in [6, 6.07) is 2.87. The van der Waals surface area contributed by atoms with Gasteiger partial charge in [0.1, 0.15) is 0 Å². The Morgan fingerprint density at radius 2 is 1.79 bits per heavy atom. The highest BCUT2D eigenvalue weighted by atomic mass is 32.1. The summed E-state index contributed by atoms with van der Waals surface area (Å²) in [6.45, 7) is 17.6. The molecule has 1 nitrogen and oxygen atoms in total. The number of rotatable bonds is 5. The molecular weight excluding hydrogens is 250 g/mol. The van der Waals surface area contributed by atoms with E-state index >= 15 is 0 Å². The molecule has 1 aliphatic rings. The summed E-state index contributed by atoms with van der Waals surface area (Å²) in [5.74, 6) is 0.739. The molecule has 1 saturated carbocycles. The van der Waals surface area contributed by atoms with Gasteiger partial charge in [-0.1, -0.05) is 34.6 Å². The van der Waals surface area contributed by atoms with Crippen molar-refractivity contribution in [1.29, 1.82) is 0 Å². The number of hydrogen-bond donors (Lipinski definition) is 1. The first-order chi connectivity index (χ1) is 8.73. The van der Waals surface area contributed by atoms with Crippen LogP contribution >= 0.6 is 11.3 Å². The first-order valence-electron chi connectivity index (χ1n) is 7.53. The van der Waals surface area contributed by atoms with Crippen LogP contribution in [0.25, 0.3) is 0 Å². The van der Waals surface area contributed by atoms with Gasteiger partial charge in [0.25, 0.3) is 0 Å². The van der Waals surface area contributed by atoms with Crippen molar-refractivity contribution >= 4 is 11.3 Å². The monoisotopic (exact) mass is 279 g/mol. The van der Waals surface area contributed by atoms with Gasteiger partial charge in [-0.25, -0.2) is 0 Å². The Bertz CT molecular complexity index is 442. The number of aryl methyl sites for hydroxylation is 2. The van der Waals surface area contributed by atoms with Gasteiger partial charge in [0.05, 0.1) is 0 Å². The lowest BCUT2D eigenvalue weighted by molar-refractivity contribution is 0.414. The lowest BCUT2D eigenvalue weighted by Crippen LogP contribution is -2.26. The first kappa shape index (κ1) is 15.1. The summed E-state index contributed by atoms with van der Waals surface area (Å²) < 4.78 is 0. The fourth-order valence-electron chi connectivity index (χ4n) is 3.71. The molecule has 1 heterocycles. The fourth-order valence-corrected chi connectivity index (χ4v) is 4.86. The molecule has 0 saturated heterocycles. The van der Waals surface area contributed by atoms with Gasteiger partial charge < -0.3 is 5.32 Å². The molecule has 0 aromatic carbocycles. The van der Waals surface area contributed by atoms with Crippen molar-refractivity contribution in [2.45, 2.75) is 60.9 Å². The quantitative estimate of drug-likeness (QED) is 0.792. The standard InChI is InChI=1S/C17H29NS/c1-8-9-18-13(14-11(2)10-12(3)19-14)15-16(4,5)17(15,6)7/h10,13,15,18H,8-9H2,1-7H3. The van der Waals surface area contributed by atoms with Crippen molar-refractivity contribution < 1.29 is 0 Å². The zero-order valence-corrected chi connectivity index (χ0v) is 14.4. The molecule has 1 atom stereocenters. The number of hydrogen-bond acceptors (Lipinski definition) is 2. The largest absolute Gasteiger partial charge is 0.309 e. The SMILES string of the molecule is CCCNC(c1sc(C)cc1C)C1C(C)(C)C1(C)C. The van der Waals surface area contributed by atoms with E-state index in [2.05, 4.69) is 59.8 Å². The maximum atomic E-state index is 3.82. The van der Waals surface area contributed by atoms with Crippen LogP contribution in [0.4, 0.5) is 0 Å². The summed E-state index contributed by atoms with van der Waals surface area (Å²) in [5.41, 5.74) is 2.33. The lowest BCUT2D eigenvalue weighted by atomic mass is 10.0. The van der Waals surface area contributed by atoms with Crippen molar-refractivity contribution in [2.75, 3.05) is 6.54 Å². The maximum Gasteiger partial charge on any atom is 0.0456 e. The van der Waals surface area contributed by atoms with Crippen molar-refractivity contribution in [3.63, 3.8) is 0 Å². The van der Waals surface area contributed by atoms with Gasteiger partial charge in [-0.3, -0.25) is 0 Å². The Labute approximate surface area is 122 Å². The second-order valence-corrected chi connectivity index (χ2v) is 8.55. The molecular formula is C17H29NS. The van der Waals surface area contributed by atoms with Crippen LogP contribution in [0.2, 0.25) is 0 Å². The minimum Gasteiger partial charge on any atom is -0.309 e. The molecule has 2 heteroatoms. The van der Waals surface area contributed by atoms with Crippen LogP contribution in [0.15, 0.2) is 6.07 Å². The van der Waals surface area contributed by atoms with E-state index in [1.165, 1.54) is 16.9 Å². The molecule has 108 valence electrons. The second-order valence-electron chi connectivity index (χ2n) is 7.26. The van der Waals surface area contributed by atoms with E-state index in [4.69, 9.17) is 0 Å². The normalized spacial score (nSPS) is 22.5. The second kappa shape index (κ2) is 4.89. The molecule has 2 rings (SSSR count). The van der Waals surface area contributed by atoms with Crippen molar-refractivity contribution in [1.82, 2.24) is 5.32 Å². The minimum absolute atomic E-state index is 0.433. The fraction of sp³-hybridized carbons (Fsp3) is 0.765. The number of nitrogens with one attached hydrogen (secondary N) is 1. The first-order valence-corrected chi connectivity index (χ1v) is 8.35. The molecule has 0 spiro atoms. The van der Waals surface area contributed by atoms with E-state index in [1.54, 1.807) is 4.88 Å². The Morgan fingerprint density at radius 1 is 1.21 bits per heavy atom. The molecule has 1 fully saturated rings. The van der Waals surface area contributed by atoms with Gasteiger partial charge in [-0.2, -0.15) is 0 Å². The molecule has 1 N–H and O–H groups in total. The molecule has 1 aliphatic carbocycles. The van der Waals surface area contributed by atoms with E-state index in [0.29, 0.717) is 16.9 Å². The molecule has 0 amide bonds. The molecule has 1 unspecified atom stereocenters. The molecule has 1 aromatic heterocycles. The van der Waals surface area contributed by atoms with E-state index in [9.17, 15) is 0 Å². The molecule has 0 aliphatic heterocycles. The van der Waals surface area contributed by atoms with Gasteiger partial charge in [0.15, 0.2) is 0 Å². The Hall–Kier alpha value is -0.340. The van der Waals surface area contributed by atoms with Crippen LogP contribution in [0, 0.1) is 30.6 Å². The van der Waals surface area contributed by atoms with Crippen molar-refractivity contribution in [2.24, 2.45) is 16.7 Å². The third-order valence-electron chi connectivity index (χ3n) is 5.44. The maximum absolute atomic E-state index is 3.82. The smallest absolute Gasteiger partial charge is 0.0456 e. The van der Waals surface area contributed by atoms with Crippen LogP contribution in [0.5, 0.6) is 0 Å². The minimum atomic E-state index is 0.433. The van der Waals surface area contributed by atoms with Gasteiger partial charge in [-0.05, 0) is 55.2 Å². The van der Waals surface area contributed by atoms with Gasteiger partial charge in [0.2, 0.25) is 0 Å².